The van der Waals surface area contributed by atoms with Crippen LogP contribution in [0.5, 0.6) is 0 Å². The van der Waals surface area contributed by atoms with E-state index in [1.165, 1.54) is 44.6 Å². The van der Waals surface area contributed by atoms with Crippen LogP contribution in [0.25, 0.3) is 0 Å². The summed E-state index contributed by atoms with van der Waals surface area (Å²) in [6.07, 6.45) is 9.54. The van der Waals surface area contributed by atoms with Gasteiger partial charge in [0.05, 0.1) is 6.10 Å². The maximum Gasteiger partial charge on any atom is 0.304 e. The molecule has 94 valence electrons. The number of allylic oxidation sites excluding steroid dienone is 1. The molecule has 2 fully saturated rings. The van der Waals surface area contributed by atoms with Crippen molar-refractivity contribution in [1.82, 2.24) is 0 Å². The molecule has 1 aliphatic heterocycles. The Kier molecular flexibility index (Phi) is 2.95. The average Bonchev–Trinajstić information content (AvgIpc) is 2.70. The number of carbonyl (C=O) groups is 1. The molecule has 1 saturated heterocycles. The molecule has 0 aromatic heterocycles. The molecule has 4 atom stereocenters. The van der Waals surface area contributed by atoms with E-state index >= 15 is 0 Å². The van der Waals surface area contributed by atoms with Crippen molar-refractivity contribution < 1.29 is 14.3 Å². The number of fused-ring (bicyclic) bond motifs is 3. The van der Waals surface area contributed by atoms with Gasteiger partial charge in [-0.05, 0) is 49.5 Å². The van der Waals surface area contributed by atoms with Gasteiger partial charge in [-0.25, -0.2) is 0 Å². The van der Waals surface area contributed by atoms with Gasteiger partial charge in [0.2, 0.25) is 6.29 Å². The van der Waals surface area contributed by atoms with Crippen molar-refractivity contribution in [2.24, 2.45) is 11.8 Å². The summed E-state index contributed by atoms with van der Waals surface area (Å²) in [7, 11) is 0. The van der Waals surface area contributed by atoms with Gasteiger partial charge in [-0.2, -0.15) is 0 Å². The Labute approximate surface area is 102 Å². The lowest BCUT2D eigenvalue weighted by Crippen LogP contribution is -2.31. The third kappa shape index (κ3) is 2.13. The van der Waals surface area contributed by atoms with Crippen molar-refractivity contribution in [1.29, 1.82) is 0 Å². The molecular weight excluding hydrogens is 216 g/mol. The fourth-order valence-electron chi connectivity index (χ4n) is 3.62. The molecule has 0 aromatic rings. The summed E-state index contributed by atoms with van der Waals surface area (Å²) in [5, 5.41) is 0. The Morgan fingerprint density at radius 2 is 2.29 bits per heavy atom. The second-order valence-corrected chi connectivity index (χ2v) is 5.50. The van der Waals surface area contributed by atoms with E-state index in [9.17, 15) is 4.79 Å². The predicted octanol–water partition coefficient (Wildman–Crippen LogP) is 2.80. The summed E-state index contributed by atoms with van der Waals surface area (Å²) < 4.78 is 11.1. The maximum absolute atomic E-state index is 11.0. The van der Waals surface area contributed by atoms with Crippen molar-refractivity contribution in [2.45, 2.75) is 57.8 Å². The van der Waals surface area contributed by atoms with Crippen molar-refractivity contribution in [3.63, 3.8) is 0 Å². The third-order valence-electron chi connectivity index (χ3n) is 4.34. The topological polar surface area (TPSA) is 35.5 Å². The molecule has 3 aliphatic rings. The van der Waals surface area contributed by atoms with Crippen LogP contribution in [0.1, 0.15) is 45.4 Å². The molecule has 1 heterocycles. The summed E-state index contributed by atoms with van der Waals surface area (Å²) in [6.45, 7) is 1.45. The summed E-state index contributed by atoms with van der Waals surface area (Å²) in [5.74, 6) is 1.07. The van der Waals surface area contributed by atoms with Crippen LogP contribution in [-0.4, -0.2) is 18.4 Å². The lowest BCUT2D eigenvalue weighted by atomic mass is 9.71. The van der Waals surface area contributed by atoms with Gasteiger partial charge in [0.25, 0.3) is 0 Å². The van der Waals surface area contributed by atoms with Crippen molar-refractivity contribution >= 4 is 5.97 Å². The van der Waals surface area contributed by atoms with Crippen LogP contribution in [0.4, 0.5) is 0 Å². The predicted molar refractivity (Wildman–Crippen MR) is 63.2 cm³/mol. The first kappa shape index (κ1) is 11.3. The van der Waals surface area contributed by atoms with E-state index < -0.39 is 0 Å². The average molecular weight is 236 g/mol. The van der Waals surface area contributed by atoms with Crippen LogP contribution in [0.2, 0.25) is 0 Å². The smallest absolute Gasteiger partial charge is 0.304 e. The van der Waals surface area contributed by atoms with Crippen LogP contribution < -0.4 is 0 Å². The number of ether oxygens (including phenoxy) is 2. The summed E-state index contributed by atoms with van der Waals surface area (Å²) >= 11 is 0. The molecule has 4 unspecified atom stereocenters. The van der Waals surface area contributed by atoms with Gasteiger partial charge in [0.15, 0.2) is 0 Å². The Bertz CT molecular complexity index is 347. The van der Waals surface area contributed by atoms with Crippen LogP contribution in [-0.2, 0) is 14.3 Å². The van der Waals surface area contributed by atoms with Crippen molar-refractivity contribution in [3.05, 3.63) is 11.6 Å². The minimum Gasteiger partial charge on any atom is -0.436 e. The van der Waals surface area contributed by atoms with E-state index in [0.29, 0.717) is 5.92 Å². The van der Waals surface area contributed by atoms with Crippen LogP contribution in [0, 0.1) is 11.8 Å². The van der Waals surface area contributed by atoms with Crippen molar-refractivity contribution in [3.8, 4) is 0 Å². The monoisotopic (exact) mass is 236 g/mol. The normalized spacial score (nSPS) is 40.2. The first-order valence-corrected chi connectivity index (χ1v) is 6.76. The summed E-state index contributed by atoms with van der Waals surface area (Å²) in [4.78, 5) is 11.0. The van der Waals surface area contributed by atoms with E-state index in [-0.39, 0.29) is 18.4 Å². The number of rotatable bonds is 1. The Hall–Kier alpha value is -0.830. The van der Waals surface area contributed by atoms with Gasteiger partial charge >= 0.3 is 5.97 Å². The van der Waals surface area contributed by atoms with Gasteiger partial charge in [-0.3, -0.25) is 4.79 Å². The molecule has 0 radical (unpaired) electrons. The van der Waals surface area contributed by atoms with Crippen LogP contribution in [0.3, 0.4) is 0 Å². The summed E-state index contributed by atoms with van der Waals surface area (Å²) in [6, 6.07) is 0. The fourth-order valence-corrected chi connectivity index (χ4v) is 3.62. The number of carbonyl (C=O) groups excluding carboxylic acids is 1. The molecular formula is C14H20O3. The third-order valence-corrected chi connectivity index (χ3v) is 4.34. The van der Waals surface area contributed by atoms with Crippen molar-refractivity contribution in [2.75, 3.05) is 0 Å². The highest BCUT2D eigenvalue weighted by Crippen LogP contribution is 2.46. The molecule has 3 nitrogen and oxygen atoms in total. The number of esters is 1. The quantitative estimate of drug-likeness (QED) is 0.519. The molecule has 0 aromatic carbocycles. The number of hydrogen-bond donors (Lipinski definition) is 0. The highest BCUT2D eigenvalue weighted by Gasteiger charge is 2.44. The van der Waals surface area contributed by atoms with Gasteiger partial charge in [0, 0.05) is 13.3 Å². The van der Waals surface area contributed by atoms with E-state index in [4.69, 9.17) is 9.47 Å². The largest absolute Gasteiger partial charge is 0.436 e. The first-order valence-electron chi connectivity index (χ1n) is 6.76. The van der Waals surface area contributed by atoms with Crippen LogP contribution >= 0.6 is 0 Å². The Balaban J connectivity index is 1.73. The highest BCUT2D eigenvalue weighted by molar-refractivity contribution is 5.66. The van der Waals surface area contributed by atoms with Gasteiger partial charge in [-0.1, -0.05) is 6.08 Å². The Morgan fingerprint density at radius 1 is 1.41 bits per heavy atom. The minimum absolute atomic E-state index is 0.233. The zero-order valence-electron chi connectivity index (χ0n) is 10.4. The second-order valence-electron chi connectivity index (χ2n) is 5.50. The molecule has 17 heavy (non-hydrogen) atoms. The zero-order valence-corrected chi connectivity index (χ0v) is 10.4. The standard InChI is InChI=1S/C14H20O3/c1-9(15)16-13-8-11-7-6-10-4-2-3-5-12(10)14(11)17-13/h5,10-11,13-14H,2-4,6-8H2,1H3. The van der Waals surface area contributed by atoms with E-state index in [1.54, 1.807) is 0 Å². The maximum atomic E-state index is 11.0. The first-order chi connectivity index (χ1) is 8.24. The Morgan fingerprint density at radius 3 is 3.12 bits per heavy atom. The molecule has 1 saturated carbocycles. The molecule has 3 rings (SSSR count). The molecule has 0 amide bonds. The van der Waals surface area contributed by atoms with Crippen LogP contribution in [0.15, 0.2) is 11.6 Å². The van der Waals surface area contributed by atoms with Gasteiger partial charge in [0.1, 0.15) is 0 Å². The lowest BCUT2D eigenvalue weighted by molar-refractivity contribution is -0.171. The fraction of sp³-hybridized carbons (Fsp3) is 0.786. The van der Waals surface area contributed by atoms with E-state index in [2.05, 4.69) is 6.08 Å². The molecule has 2 aliphatic carbocycles. The summed E-state index contributed by atoms with van der Waals surface area (Å²) in [5.41, 5.74) is 1.50. The number of hydrogen-bond acceptors (Lipinski definition) is 3. The zero-order chi connectivity index (χ0) is 11.8. The van der Waals surface area contributed by atoms with E-state index in [1.807, 2.05) is 0 Å². The molecule has 0 spiro atoms. The van der Waals surface area contributed by atoms with Gasteiger partial charge in [-0.15, -0.1) is 0 Å². The molecule has 3 heteroatoms. The van der Waals surface area contributed by atoms with Gasteiger partial charge < -0.3 is 9.47 Å². The molecule has 0 bridgehead atoms. The SMILES string of the molecule is CC(=O)OC1CC2CCC3CCCC=C3C2O1. The molecule has 0 N–H and O–H groups in total. The lowest BCUT2D eigenvalue weighted by Gasteiger charge is -2.36. The minimum atomic E-state index is -0.302. The second kappa shape index (κ2) is 4.45. The van der Waals surface area contributed by atoms with E-state index in [0.717, 1.165) is 12.3 Å². The highest BCUT2D eigenvalue weighted by atomic mass is 16.7.